The van der Waals surface area contributed by atoms with Crippen molar-refractivity contribution in [3.05, 3.63) is 35.0 Å². The topological polar surface area (TPSA) is 42.1 Å². The molecule has 0 aliphatic rings. The predicted octanol–water partition coefficient (Wildman–Crippen LogP) is 2.62. The summed E-state index contributed by atoms with van der Waals surface area (Å²) in [7, 11) is 0. The Morgan fingerprint density at radius 2 is 2.19 bits per heavy atom. The molecule has 0 amide bonds. The molecule has 5 heteroatoms. The van der Waals surface area contributed by atoms with E-state index in [0.717, 1.165) is 10.9 Å². The third-order valence-electron chi connectivity index (χ3n) is 2.08. The van der Waals surface area contributed by atoms with E-state index in [4.69, 9.17) is 16.3 Å². The molecule has 1 radical (unpaired) electrons. The zero-order valence-electron chi connectivity index (χ0n) is 9.21. The number of ether oxygens (including phenoxy) is 1. The normalized spacial score (nSPS) is 9.88. The summed E-state index contributed by atoms with van der Waals surface area (Å²) < 4.78 is 4.88. The molecule has 1 aromatic heterocycles. The first-order chi connectivity index (χ1) is 7.20. The number of halogens is 1. The average Bonchev–Trinajstić information content (AvgIpc) is 2.60. The van der Waals surface area contributed by atoms with Crippen molar-refractivity contribution in [1.82, 2.24) is 4.98 Å². The van der Waals surface area contributed by atoms with Crippen LogP contribution in [0, 0.1) is 0 Å². The first kappa shape index (κ1) is 13.6. The third kappa shape index (κ3) is 2.80. The molecular formula is C11H10ClNNaO2. The molecule has 1 aromatic carbocycles. The number of rotatable bonds is 2. The smallest absolute Gasteiger partial charge is 0.354 e. The molecule has 0 bridgehead atoms. The van der Waals surface area contributed by atoms with Crippen molar-refractivity contribution in [2.75, 3.05) is 6.61 Å². The van der Waals surface area contributed by atoms with Crippen LogP contribution in [0.15, 0.2) is 24.3 Å². The van der Waals surface area contributed by atoms with Crippen molar-refractivity contribution >= 4 is 58.0 Å². The standard InChI is InChI=1S/C11H10ClNO2.Na/c1-2-15-11(14)10-6-7-5-8(12)3-4-9(7)13-10;/h3-6,13H,2H2,1H3;. The maximum absolute atomic E-state index is 11.4. The quantitative estimate of drug-likeness (QED) is 0.654. The summed E-state index contributed by atoms with van der Waals surface area (Å²) in [5, 5.41) is 1.56. The second kappa shape index (κ2) is 5.73. The molecule has 1 heterocycles. The number of carbonyl (C=O) groups excluding carboxylic acids is 1. The Morgan fingerprint density at radius 3 is 2.88 bits per heavy atom. The molecule has 2 rings (SSSR count). The van der Waals surface area contributed by atoms with Crippen molar-refractivity contribution in [3.8, 4) is 0 Å². The van der Waals surface area contributed by atoms with Gasteiger partial charge in [-0.15, -0.1) is 0 Å². The maximum Gasteiger partial charge on any atom is 0.354 e. The Labute approximate surface area is 120 Å². The van der Waals surface area contributed by atoms with Gasteiger partial charge in [-0.2, -0.15) is 0 Å². The largest absolute Gasteiger partial charge is 0.461 e. The zero-order valence-corrected chi connectivity index (χ0v) is 12.0. The first-order valence-corrected chi connectivity index (χ1v) is 5.04. The van der Waals surface area contributed by atoms with E-state index in [2.05, 4.69) is 4.98 Å². The second-order valence-electron chi connectivity index (χ2n) is 3.14. The SMILES string of the molecule is CCOC(=O)c1cc2cc(Cl)ccc2[nH]1.[Na]. The monoisotopic (exact) mass is 246 g/mol. The van der Waals surface area contributed by atoms with Gasteiger partial charge in [0.05, 0.1) is 6.61 Å². The molecule has 0 saturated heterocycles. The number of esters is 1. The Balaban J connectivity index is 0.00000128. The summed E-state index contributed by atoms with van der Waals surface area (Å²) in [4.78, 5) is 14.4. The van der Waals surface area contributed by atoms with Gasteiger partial charge in [0.15, 0.2) is 0 Å². The summed E-state index contributed by atoms with van der Waals surface area (Å²) in [5.41, 5.74) is 1.33. The van der Waals surface area contributed by atoms with Crippen LogP contribution in [-0.2, 0) is 4.74 Å². The molecule has 1 N–H and O–H groups in total. The van der Waals surface area contributed by atoms with E-state index in [9.17, 15) is 4.79 Å². The van der Waals surface area contributed by atoms with Crippen molar-refractivity contribution in [3.63, 3.8) is 0 Å². The van der Waals surface area contributed by atoms with Gasteiger partial charge in [-0.25, -0.2) is 4.79 Å². The van der Waals surface area contributed by atoms with Gasteiger partial charge in [0.1, 0.15) is 5.69 Å². The summed E-state index contributed by atoms with van der Waals surface area (Å²) >= 11 is 5.84. The molecule has 0 spiro atoms. The zero-order chi connectivity index (χ0) is 10.8. The van der Waals surface area contributed by atoms with E-state index in [1.807, 2.05) is 6.07 Å². The Bertz CT molecular complexity index is 510. The Hall–Kier alpha value is -0.480. The fourth-order valence-electron chi connectivity index (χ4n) is 1.42. The minimum Gasteiger partial charge on any atom is -0.461 e. The predicted molar refractivity (Wildman–Crippen MR) is 65.0 cm³/mol. The number of carbonyl (C=O) groups is 1. The van der Waals surface area contributed by atoms with Crippen LogP contribution in [0.25, 0.3) is 10.9 Å². The molecule has 2 aromatic rings. The molecular weight excluding hydrogens is 237 g/mol. The maximum atomic E-state index is 11.4. The molecule has 0 fully saturated rings. The summed E-state index contributed by atoms with van der Waals surface area (Å²) in [6.07, 6.45) is 0. The van der Waals surface area contributed by atoms with Crippen LogP contribution in [0.5, 0.6) is 0 Å². The first-order valence-electron chi connectivity index (χ1n) is 4.66. The Kier molecular flexibility index (Phi) is 4.87. The van der Waals surface area contributed by atoms with Crippen molar-refractivity contribution in [2.24, 2.45) is 0 Å². The number of fused-ring (bicyclic) bond motifs is 1. The van der Waals surface area contributed by atoms with Gasteiger partial charge in [0, 0.05) is 45.5 Å². The summed E-state index contributed by atoms with van der Waals surface area (Å²) in [6.45, 7) is 2.15. The fourth-order valence-corrected chi connectivity index (χ4v) is 1.60. The van der Waals surface area contributed by atoms with Crippen molar-refractivity contribution in [1.29, 1.82) is 0 Å². The molecule has 0 aliphatic carbocycles. The number of aromatic amines is 1. The Morgan fingerprint density at radius 1 is 1.44 bits per heavy atom. The number of hydrogen-bond donors (Lipinski definition) is 1. The van der Waals surface area contributed by atoms with E-state index < -0.39 is 0 Å². The van der Waals surface area contributed by atoms with Crippen LogP contribution in [0.2, 0.25) is 5.02 Å². The number of H-pyrrole nitrogens is 1. The number of aromatic nitrogens is 1. The molecule has 0 saturated carbocycles. The molecule has 0 atom stereocenters. The van der Waals surface area contributed by atoms with E-state index in [1.165, 1.54) is 0 Å². The number of hydrogen-bond acceptors (Lipinski definition) is 2. The van der Waals surface area contributed by atoms with Crippen LogP contribution in [0.1, 0.15) is 17.4 Å². The average molecular weight is 247 g/mol. The van der Waals surface area contributed by atoms with Gasteiger partial charge in [-0.1, -0.05) is 11.6 Å². The fraction of sp³-hybridized carbons (Fsp3) is 0.182. The summed E-state index contributed by atoms with van der Waals surface area (Å²) in [5.74, 6) is -0.343. The number of benzene rings is 1. The molecule has 0 aliphatic heterocycles. The van der Waals surface area contributed by atoms with E-state index >= 15 is 0 Å². The van der Waals surface area contributed by atoms with Crippen molar-refractivity contribution < 1.29 is 9.53 Å². The summed E-state index contributed by atoms with van der Waals surface area (Å²) in [6, 6.07) is 7.14. The molecule has 79 valence electrons. The van der Waals surface area contributed by atoms with Gasteiger partial charge < -0.3 is 9.72 Å². The van der Waals surface area contributed by atoms with Crippen LogP contribution in [0.4, 0.5) is 0 Å². The van der Waals surface area contributed by atoms with Gasteiger partial charge in [0.2, 0.25) is 0 Å². The minimum absolute atomic E-state index is 0. The van der Waals surface area contributed by atoms with Gasteiger partial charge in [-0.05, 0) is 31.2 Å². The van der Waals surface area contributed by atoms with Gasteiger partial charge in [0.25, 0.3) is 0 Å². The van der Waals surface area contributed by atoms with Crippen LogP contribution in [0.3, 0.4) is 0 Å². The molecule has 16 heavy (non-hydrogen) atoms. The number of nitrogens with one attached hydrogen (secondary N) is 1. The third-order valence-corrected chi connectivity index (χ3v) is 2.31. The van der Waals surface area contributed by atoms with Crippen LogP contribution < -0.4 is 0 Å². The van der Waals surface area contributed by atoms with E-state index in [-0.39, 0.29) is 35.5 Å². The van der Waals surface area contributed by atoms with Gasteiger partial charge in [-0.3, -0.25) is 0 Å². The van der Waals surface area contributed by atoms with Gasteiger partial charge >= 0.3 is 5.97 Å². The van der Waals surface area contributed by atoms with E-state index in [0.29, 0.717) is 17.3 Å². The van der Waals surface area contributed by atoms with E-state index in [1.54, 1.807) is 25.1 Å². The van der Waals surface area contributed by atoms with Crippen molar-refractivity contribution in [2.45, 2.75) is 6.92 Å². The van der Waals surface area contributed by atoms with Crippen LogP contribution in [-0.4, -0.2) is 47.1 Å². The van der Waals surface area contributed by atoms with Crippen LogP contribution >= 0.6 is 11.6 Å². The molecule has 3 nitrogen and oxygen atoms in total. The molecule has 0 unspecified atom stereocenters. The second-order valence-corrected chi connectivity index (χ2v) is 3.57. The minimum atomic E-state index is -0.343.